The molecular formula is C14H14N2O5. The number of carbonyl (C=O) groups excluding carboxylic acids is 1. The molecule has 0 bridgehead atoms. The van der Waals surface area contributed by atoms with Crippen LogP contribution in [0.5, 0.6) is 5.75 Å². The van der Waals surface area contributed by atoms with Crippen LogP contribution in [-0.4, -0.2) is 33.1 Å². The quantitative estimate of drug-likeness (QED) is 0.760. The number of oxazole rings is 1. The zero-order valence-corrected chi connectivity index (χ0v) is 11.2. The smallest absolute Gasteiger partial charge is 0.326 e. The van der Waals surface area contributed by atoms with Crippen molar-refractivity contribution in [1.82, 2.24) is 10.3 Å². The highest BCUT2D eigenvalue weighted by molar-refractivity contribution is 5.95. The molecule has 1 amide bonds. The molecule has 0 aliphatic carbocycles. The zero-order valence-electron chi connectivity index (χ0n) is 11.2. The molecule has 1 unspecified atom stereocenters. The molecule has 7 heteroatoms. The Labute approximate surface area is 120 Å². The number of aromatic nitrogens is 1. The van der Waals surface area contributed by atoms with E-state index in [9.17, 15) is 19.8 Å². The highest BCUT2D eigenvalue weighted by Crippen LogP contribution is 2.12. The lowest BCUT2D eigenvalue weighted by Gasteiger charge is -2.14. The first-order chi connectivity index (χ1) is 9.97. The molecule has 7 nitrogen and oxygen atoms in total. The number of nitrogens with zero attached hydrogens (tertiary/aromatic N) is 1. The number of amides is 1. The molecule has 21 heavy (non-hydrogen) atoms. The summed E-state index contributed by atoms with van der Waals surface area (Å²) in [4.78, 5) is 27.0. The molecule has 2 aromatic rings. The van der Waals surface area contributed by atoms with Gasteiger partial charge in [0.25, 0.3) is 5.91 Å². The van der Waals surface area contributed by atoms with E-state index in [0.29, 0.717) is 11.3 Å². The Balaban J connectivity index is 2.09. The van der Waals surface area contributed by atoms with Crippen molar-refractivity contribution in [3.8, 4) is 5.75 Å². The Bertz CT molecular complexity index is 648. The lowest BCUT2D eigenvalue weighted by atomic mass is 10.1. The molecule has 2 rings (SSSR count). The lowest BCUT2D eigenvalue weighted by Crippen LogP contribution is -2.42. The van der Waals surface area contributed by atoms with E-state index in [1.54, 1.807) is 19.1 Å². The highest BCUT2D eigenvalue weighted by Gasteiger charge is 2.23. The minimum absolute atomic E-state index is 0.00745. The number of nitrogens with one attached hydrogen (secondary N) is 1. The first-order valence-electron chi connectivity index (χ1n) is 6.19. The molecule has 0 aliphatic heterocycles. The number of hydrogen-bond donors (Lipinski definition) is 3. The first-order valence-corrected chi connectivity index (χ1v) is 6.19. The van der Waals surface area contributed by atoms with Crippen molar-refractivity contribution in [2.24, 2.45) is 0 Å². The zero-order chi connectivity index (χ0) is 15.4. The second kappa shape index (κ2) is 6.08. The molecule has 0 saturated heterocycles. The van der Waals surface area contributed by atoms with Gasteiger partial charge in [0.2, 0.25) is 5.76 Å². The molecular weight excluding hydrogens is 276 g/mol. The maximum Gasteiger partial charge on any atom is 0.326 e. The van der Waals surface area contributed by atoms with Crippen molar-refractivity contribution in [3.63, 3.8) is 0 Å². The fourth-order valence-corrected chi connectivity index (χ4v) is 1.81. The van der Waals surface area contributed by atoms with Gasteiger partial charge in [-0.1, -0.05) is 12.1 Å². The third-order valence-electron chi connectivity index (χ3n) is 2.93. The minimum Gasteiger partial charge on any atom is -0.508 e. The Morgan fingerprint density at radius 2 is 2.00 bits per heavy atom. The number of hydrogen-bond acceptors (Lipinski definition) is 5. The second-order valence-electron chi connectivity index (χ2n) is 4.50. The van der Waals surface area contributed by atoms with Crippen LogP contribution in [0.15, 0.2) is 35.1 Å². The van der Waals surface area contributed by atoms with Gasteiger partial charge in [-0.3, -0.25) is 4.79 Å². The van der Waals surface area contributed by atoms with E-state index in [2.05, 4.69) is 10.3 Å². The Kier molecular flexibility index (Phi) is 4.22. The summed E-state index contributed by atoms with van der Waals surface area (Å²) >= 11 is 0. The van der Waals surface area contributed by atoms with Crippen LogP contribution in [0.1, 0.15) is 21.8 Å². The van der Waals surface area contributed by atoms with Gasteiger partial charge in [-0.05, 0) is 24.6 Å². The maximum absolute atomic E-state index is 11.9. The van der Waals surface area contributed by atoms with Crippen LogP contribution in [-0.2, 0) is 11.2 Å². The summed E-state index contributed by atoms with van der Waals surface area (Å²) in [7, 11) is 0. The Morgan fingerprint density at radius 3 is 2.52 bits per heavy atom. The van der Waals surface area contributed by atoms with E-state index in [0.717, 1.165) is 6.39 Å². The van der Waals surface area contributed by atoms with Gasteiger partial charge in [0, 0.05) is 6.42 Å². The number of carboxylic acid groups (broad SMARTS) is 1. The summed E-state index contributed by atoms with van der Waals surface area (Å²) in [6.07, 6.45) is 1.22. The Hall–Kier alpha value is -2.83. The summed E-state index contributed by atoms with van der Waals surface area (Å²) in [5.74, 6) is -1.70. The molecule has 0 saturated carbocycles. The summed E-state index contributed by atoms with van der Waals surface area (Å²) in [6.45, 7) is 1.59. The number of phenols is 1. The van der Waals surface area contributed by atoms with Crippen molar-refractivity contribution in [3.05, 3.63) is 47.7 Å². The van der Waals surface area contributed by atoms with E-state index >= 15 is 0 Å². The predicted octanol–water partition coefficient (Wildman–Crippen LogP) is 1.11. The second-order valence-corrected chi connectivity index (χ2v) is 4.50. The summed E-state index contributed by atoms with van der Waals surface area (Å²) in [5, 5.41) is 20.8. The van der Waals surface area contributed by atoms with Gasteiger partial charge in [-0.15, -0.1) is 0 Å². The van der Waals surface area contributed by atoms with Crippen molar-refractivity contribution in [1.29, 1.82) is 0 Å². The SMILES string of the molecule is Cc1ncoc1C(=O)NC(Cc1ccc(O)cc1)C(=O)O. The number of rotatable bonds is 5. The van der Waals surface area contributed by atoms with Crippen LogP contribution in [0, 0.1) is 6.92 Å². The Morgan fingerprint density at radius 1 is 1.33 bits per heavy atom. The first kappa shape index (κ1) is 14.6. The van der Waals surface area contributed by atoms with E-state index < -0.39 is 17.9 Å². The molecule has 1 atom stereocenters. The molecule has 1 aromatic carbocycles. The number of aryl methyl sites for hydroxylation is 1. The van der Waals surface area contributed by atoms with E-state index in [4.69, 9.17) is 4.42 Å². The molecule has 0 fully saturated rings. The van der Waals surface area contributed by atoms with Crippen molar-refractivity contribution < 1.29 is 24.2 Å². The van der Waals surface area contributed by atoms with Crippen LogP contribution in [0.4, 0.5) is 0 Å². The van der Waals surface area contributed by atoms with Gasteiger partial charge in [0.1, 0.15) is 11.8 Å². The van der Waals surface area contributed by atoms with Gasteiger partial charge < -0.3 is 19.9 Å². The van der Waals surface area contributed by atoms with E-state index in [1.807, 2.05) is 0 Å². The third kappa shape index (κ3) is 3.59. The molecule has 0 aliphatic rings. The van der Waals surface area contributed by atoms with Gasteiger partial charge in [0.05, 0.1) is 5.69 Å². The summed E-state index contributed by atoms with van der Waals surface area (Å²) in [5.41, 5.74) is 1.07. The van der Waals surface area contributed by atoms with Gasteiger partial charge in [-0.2, -0.15) is 0 Å². The normalized spacial score (nSPS) is 11.9. The molecule has 0 radical (unpaired) electrons. The lowest BCUT2D eigenvalue weighted by molar-refractivity contribution is -0.139. The molecule has 1 heterocycles. The third-order valence-corrected chi connectivity index (χ3v) is 2.93. The fraction of sp³-hybridized carbons (Fsp3) is 0.214. The van der Waals surface area contributed by atoms with Gasteiger partial charge in [0.15, 0.2) is 6.39 Å². The maximum atomic E-state index is 11.9. The van der Waals surface area contributed by atoms with Crippen LogP contribution in [0.25, 0.3) is 0 Å². The predicted molar refractivity (Wildman–Crippen MR) is 71.9 cm³/mol. The fourth-order valence-electron chi connectivity index (χ4n) is 1.81. The monoisotopic (exact) mass is 290 g/mol. The minimum atomic E-state index is -1.16. The molecule has 1 aromatic heterocycles. The van der Waals surface area contributed by atoms with Gasteiger partial charge in [-0.25, -0.2) is 9.78 Å². The standard InChI is InChI=1S/C14H14N2O5/c1-8-12(21-7-15-8)13(18)16-11(14(19)20)6-9-2-4-10(17)5-3-9/h2-5,7,11,17H,6H2,1H3,(H,16,18)(H,19,20). The summed E-state index contributed by atoms with van der Waals surface area (Å²) in [6, 6.07) is 4.99. The molecule has 110 valence electrons. The molecule has 3 N–H and O–H groups in total. The van der Waals surface area contributed by atoms with E-state index in [-0.39, 0.29) is 17.9 Å². The van der Waals surface area contributed by atoms with Crippen LogP contribution in [0.2, 0.25) is 0 Å². The summed E-state index contributed by atoms with van der Waals surface area (Å²) < 4.78 is 4.92. The van der Waals surface area contributed by atoms with Crippen LogP contribution >= 0.6 is 0 Å². The number of benzene rings is 1. The molecule has 0 spiro atoms. The average Bonchev–Trinajstić information content (AvgIpc) is 2.86. The van der Waals surface area contributed by atoms with Crippen LogP contribution < -0.4 is 5.32 Å². The van der Waals surface area contributed by atoms with Gasteiger partial charge >= 0.3 is 5.97 Å². The number of aliphatic carboxylic acids is 1. The van der Waals surface area contributed by atoms with Crippen molar-refractivity contribution >= 4 is 11.9 Å². The number of phenolic OH excluding ortho intramolecular Hbond substituents is 1. The van der Waals surface area contributed by atoms with Crippen LogP contribution in [0.3, 0.4) is 0 Å². The van der Waals surface area contributed by atoms with Crippen molar-refractivity contribution in [2.45, 2.75) is 19.4 Å². The highest BCUT2D eigenvalue weighted by atomic mass is 16.4. The van der Waals surface area contributed by atoms with E-state index in [1.165, 1.54) is 12.1 Å². The number of aromatic hydroxyl groups is 1. The average molecular weight is 290 g/mol. The number of carboxylic acids is 1. The van der Waals surface area contributed by atoms with Crippen molar-refractivity contribution in [2.75, 3.05) is 0 Å². The largest absolute Gasteiger partial charge is 0.508 e. The number of carbonyl (C=O) groups is 2. The topological polar surface area (TPSA) is 113 Å².